The van der Waals surface area contributed by atoms with E-state index in [1.54, 1.807) is 0 Å². The molecule has 0 radical (unpaired) electrons. The first-order valence-corrected chi connectivity index (χ1v) is 6.78. The van der Waals surface area contributed by atoms with Crippen LogP contribution in [-0.4, -0.2) is 6.61 Å². The lowest BCUT2D eigenvalue weighted by atomic mass is 9.86. The van der Waals surface area contributed by atoms with Gasteiger partial charge in [0.1, 0.15) is 5.75 Å². The van der Waals surface area contributed by atoms with Crippen LogP contribution in [0.25, 0.3) is 0 Å². The van der Waals surface area contributed by atoms with Gasteiger partial charge in [-0.1, -0.05) is 12.5 Å². The van der Waals surface area contributed by atoms with E-state index >= 15 is 0 Å². The Hall–Kier alpha value is -1.01. The van der Waals surface area contributed by atoms with Crippen molar-refractivity contribution in [2.45, 2.75) is 32.6 Å². The molecule has 1 aliphatic rings. The minimum Gasteiger partial charge on any atom is -0.492 e. The predicted octanol–water partition coefficient (Wildman–Crippen LogP) is 4.00. The van der Waals surface area contributed by atoms with Crippen LogP contribution in [0, 0.1) is 24.2 Å². The number of hydrogen-bond donors (Lipinski definition) is 0. The van der Waals surface area contributed by atoms with Gasteiger partial charge in [-0.25, -0.2) is 0 Å². The van der Waals surface area contributed by atoms with Crippen molar-refractivity contribution < 1.29 is 4.74 Å². The van der Waals surface area contributed by atoms with Gasteiger partial charge in [0.2, 0.25) is 0 Å². The Morgan fingerprint density at radius 2 is 2.24 bits per heavy atom. The first-order valence-electron chi connectivity index (χ1n) is 5.99. The SMILES string of the molecule is Cc1cc(Br)c(OCC2CCC2)c(CC#N)c1. The molecule has 1 aromatic rings. The molecule has 3 heteroatoms. The third-order valence-electron chi connectivity index (χ3n) is 3.22. The number of nitrogens with zero attached hydrogens (tertiary/aromatic N) is 1. The highest BCUT2D eigenvalue weighted by atomic mass is 79.9. The number of benzene rings is 1. The van der Waals surface area contributed by atoms with Crippen molar-refractivity contribution in [2.24, 2.45) is 5.92 Å². The third-order valence-corrected chi connectivity index (χ3v) is 3.81. The van der Waals surface area contributed by atoms with E-state index in [1.165, 1.54) is 19.3 Å². The van der Waals surface area contributed by atoms with Crippen LogP contribution in [0.3, 0.4) is 0 Å². The van der Waals surface area contributed by atoms with Gasteiger partial charge < -0.3 is 4.74 Å². The van der Waals surface area contributed by atoms with Crippen LogP contribution in [0.2, 0.25) is 0 Å². The van der Waals surface area contributed by atoms with Crippen LogP contribution in [-0.2, 0) is 6.42 Å². The van der Waals surface area contributed by atoms with Gasteiger partial charge in [0.05, 0.1) is 23.6 Å². The minimum atomic E-state index is 0.403. The maximum Gasteiger partial charge on any atom is 0.137 e. The molecule has 0 unspecified atom stereocenters. The normalized spacial score (nSPS) is 15.1. The second-order valence-electron chi connectivity index (χ2n) is 4.68. The zero-order chi connectivity index (χ0) is 12.3. The molecular formula is C14H16BrNO. The fourth-order valence-electron chi connectivity index (χ4n) is 2.04. The molecule has 0 aromatic heterocycles. The summed E-state index contributed by atoms with van der Waals surface area (Å²) in [7, 11) is 0. The molecule has 0 bridgehead atoms. The molecule has 0 atom stereocenters. The average molecular weight is 294 g/mol. The quantitative estimate of drug-likeness (QED) is 0.840. The van der Waals surface area contributed by atoms with E-state index in [-0.39, 0.29) is 0 Å². The number of ether oxygens (including phenoxy) is 1. The molecule has 1 saturated carbocycles. The fraction of sp³-hybridized carbons (Fsp3) is 0.500. The lowest BCUT2D eigenvalue weighted by molar-refractivity contribution is 0.179. The Kier molecular flexibility index (Phi) is 4.06. The second-order valence-corrected chi connectivity index (χ2v) is 5.53. The molecule has 0 saturated heterocycles. The van der Waals surface area contributed by atoms with Crippen LogP contribution in [0.4, 0.5) is 0 Å². The Labute approximate surface area is 111 Å². The molecule has 17 heavy (non-hydrogen) atoms. The zero-order valence-electron chi connectivity index (χ0n) is 10.0. The van der Waals surface area contributed by atoms with Crippen LogP contribution in [0.1, 0.15) is 30.4 Å². The molecule has 2 rings (SSSR count). The molecule has 1 aromatic carbocycles. The average Bonchev–Trinajstić information content (AvgIpc) is 2.19. The van der Waals surface area contributed by atoms with Crippen LogP contribution < -0.4 is 4.74 Å². The van der Waals surface area contributed by atoms with E-state index < -0.39 is 0 Å². The van der Waals surface area contributed by atoms with Crippen molar-refractivity contribution in [3.8, 4) is 11.8 Å². The Balaban J connectivity index is 2.14. The molecule has 2 nitrogen and oxygen atoms in total. The van der Waals surface area contributed by atoms with Gasteiger partial charge in [-0.2, -0.15) is 5.26 Å². The van der Waals surface area contributed by atoms with E-state index in [9.17, 15) is 0 Å². The molecule has 0 N–H and O–H groups in total. The minimum absolute atomic E-state index is 0.403. The lowest BCUT2D eigenvalue weighted by Crippen LogP contribution is -2.19. The molecule has 0 heterocycles. The van der Waals surface area contributed by atoms with Crippen molar-refractivity contribution in [1.82, 2.24) is 0 Å². The number of hydrogen-bond acceptors (Lipinski definition) is 2. The monoisotopic (exact) mass is 293 g/mol. The molecule has 90 valence electrons. The molecule has 0 spiro atoms. The van der Waals surface area contributed by atoms with E-state index in [0.717, 1.165) is 28.0 Å². The van der Waals surface area contributed by atoms with Gasteiger partial charge in [-0.05, 0) is 53.2 Å². The van der Waals surface area contributed by atoms with E-state index in [1.807, 2.05) is 19.1 Å². The summed E-state index contributed by atoms with van der Waals surface area (Å²) in [4.78, 5) is 0. The molecule has 1 aliphatic carbocycles. The molecule has 1 fully saturated rings. The van der Waals surface area contributed by atoms with Gasteiger partial charge in [0.15, 0.2) is 0 Å². The summed E-state index contributed by atoms with van der Waals surface area (Å²) in [6.07, 6.45) is 4.28. The van der Waals surface area contributed by atoms with Crippen LogP contribution >= 0.6 is 15.9 Å². The predicted molar refractivity (Wildman–Crippen MR) is 71.0 cm³/mol. The van der Waals surface area contributed by atoms with E-state index in [4.69, 9.17) is 10.00 Å². The second kappa shape index (κ2) is 5.55. The standard InChI is InChI=1S/C14H16BrNO/c1-10-7-12(5-6-16)14(13(15)8-10)17-9-11-3-2-4-11/h7-8,11H,2-5,9H2,1H3. The number of aryl methyl sites for hydroxylation is 1. The van der Waals surface area contributed by atoms with Crippen molar-refractivity contribution in [2.75, 3.05) is 6.61 Å². The Bertz CT molecular complexity index is 446. The Morgan fingerprint density at radius 1 is 1.47 bits per heavy atom. The number of nitriles is 1. The maximum absolute atomic E-state index is 8.84. The Morgan fingerprint density at radius 3 is 2.82 bits per heavy atom. The highest BCUT2D eigenvalue weighted by molar-refractivity contribution is 9.10. The van der Waals surface area contributed by atoms with Crippen molar-refractivity contribution >= 4 is 15.9 Å². The van der Waals surface area contributed by atoms with Gasteiger partial charge >= 0.3 is 0 Å². The van der Waals surface area contributed by atoms with E-state index in [2.05, 4.69) is 22.0 Å². The summed E-state index contributed by atoms with van der Waals surface area (Å²) in [5, 5.41) is 8.84. The van der Waals surface area contributed by atoms with Crippen LogP contribution in [0.15, 0.2) is 16.6 Å². The van der Waals surface area contributed by atoms with E-state index in [0.29, 0.717) is 12.3 Å². The third kappa shape index (κ3) is 3.01. The highest BCUT2D eigenvalue weighted by Gasteiger charge is 2.19. The molecule has 0 aliphatic heterocycles. The van der Waals surface area contributed by atoms with Crippen molar-refractivity contribution in [3.05, 3.63) is 27.7 Å². The zero-order valence-corrected chi connectivity index (χ0v) is 11.6. The fourth-order valence-corrected chi connectivity index (χ4v) is 2.77. The van der Waals surface area contributed by atoms with Crippen molar-refractivity contribution in [1.29, 1.82) is 5.26 Å². The topological polar surface area (TPSA) is 33.0 Å². The maximum atomic E-state index is 8.84. The van der Waals surface area contributed by atoms with Gasteiger partial charge in [-0.3, -0.25) is 0 Å². The largest absolute Gasteiger partial charge is 0.492 e. The lowest BCUT2D eigenvalue weighted by Gasteiger charge is -2.26. The van der Waals surface area contributed by atoms with Crippen molar-refractivity contribution in [3.63, 3.8) is 0 Å². The first-order chi connectivity index (χ1) is 8.20. The van der Waals surface area contributed by atoms with Crippen LogP contribution in [0.5, 0.6) is 5.75 Å². The van der Waals surface area contributed by atoms with Gasteiger partial charge in [0.25, 0.3) is 0 Å². The van der Waals surface area contributed by atoms with Gasteiger partial charge in [0, 0.05) is 5.56 Å². The molecular weight excluding hydrogens is 278 g/mol. The summed E-state index contributed by atoms with van der Waals surface area (Å²) < 4.78 is 6.84. The summed E-state index contributed by atoms with van der Waals surface area (Å²) in [6, 6.07) is 6.26. The first kappa shape index (κ1) is 12.4. The smallest absolute Gasteiger partial charge is 0.137 e. The summed E-state index contributed by atoms with van der Waals surface area (Å²) >= 11 is 3.52. The number of rotatable bonds is 4. The summed E-state index contributed by atoms with van der Waals surface area (Å²) in [6.45, 7) is 2.81. The molecule has 0 amide bonds. The number of halogens is 1. The van der Waals surface area contributed by atoms with Gasteiger partial charge in [-0.15, -0.1) is 0 Å². The highest BCUT2D eigenvalue weighted by Crippen LogP contribution is 2.33. The summed E-state index contributed by atoms with van der Waals surface area (Å²) in [5.74, 6) is 1.56. The summed E-state index contributed by atoms with van der Waals surface area (Å²) in [5.41, 5.74) is 2.14.